The second-order valence-electron chi connectivity index (χ2n) is 6.65. The lowest BCUT2D eigenvalue weighted by Crippen LogP contribution is -2.33. The van der Waals surface area contributed by atoms with Gasteiger partial charge < -0.3 is 19.8 Å². The molecule has 1 saturated heterocycles. The van der Waals surface area contributed by atoms with Crippen LogP contribution in [-0.4, -0.2) is 58.1 Å². The van der Waals surface area contributed by atoms with Crippen molar-refractivity contribution >= 4 is 34.7 Å². The lowest BCUT2D eigenvalue weighted by atomic mass is 9.94. The minimum absolute atomic E-state index is 0.00824. The highest BCUT2D eigenvalue weighted by atomic mass is 35.5. The molecule has 2 aromatic carbocycles. The number of amides is 1. The SMILES string of the molecule is O=C1C(=O)N(CCOCCO)C(c2ccccc2[N+](=O)[O-])/C1=C(\O)c1ccc(Cl)cc1. The number of carbonyl (C=O) groups is 2. The Bertz CT molecular complexity index is 1040. The first kappa shape index (κ1) is 22.4. The standard InChI is InChI=1S/C21H19ClN2O7/c22-14-7-5-13(6-8-14)19(26)17-18(15-3-1-2-4-16(15)24(29)30)23(21(28)20(17)27)9-11-31-12-10-25/h1-8,18,25-26H,9-12H2/b19-17+. The molecule has 1 aliphatic heterocycles. The highest BCUT2D eigenvalue weighted by Crippen LogP contribution is 2.42. The van der Waals surface area contributed by atoms with E-state index in [2.05, 4.69) is 0 Å². The Hall–Kier alpha value is -3.27. The molecule has 1 atom stereocenters. The fourth-order valence-electron chi connectivity index (χ4n) is 3.41. The first-order valence-corrected chi connectivity index (χ1v) is 9.71. The highest BCUT2D eigenvalue weighted by Gasteiger charge is 2.47. The van der Waals surface area contributed by atoms with Crippen LogP contribution in [0.5, 0.6) is 0 Å². The molecule has 1 aliphatic rings. The summed E-state index contributed by atoms with van der Waals surface area (Å²) >= 11 is 5.88. The number of hydrogen-bond donors (Lipinski definition) is 2. The van der Waals surface area contributed by atoms with E-state index in [0.29, 0.717) is 5.02 Å². The molecule has 1 fully saturated rings. The van der Waals surface area contributed by atoms with Gasteiger partial charge in [0.15, 0.2) is 0 Å². The molecule has 2 aromatic rings. The van der Waals surface area contributed by atoms with Crippen LogP contribution in [0.4, 0.5) is 5.69 Å². The fraction of sp³-hybridized carbons (Fsp3) is 0.238. The smallest absolute Gasteiger partial charge is 0.295 e. The van der Waals surface area contributed by atoms with Crippen molar-refractivity contribution in [3.8, 4) is 0 Å². The van der Waals surface area contributed by atoms with E-state index in [1.165, 1.54) is 42.5 Å². The first-order chi connectivity index (χ1) is 14.9. The Morgan fingerprint density at radius 3 is 2.45 bits per heavy atom. The van der Waals surface area contributed by atoms with Gasteiger partial charge in [0, 0.05) is 23.2 Å². The van der Waals surface area contributed by atoms with Crippen LogP contribution >= 0.6 is 11.6 Å². The van der Waals surface area contributed by atoms with Crippen molar-refractivity contribution in [3.05, 3.63) is 80.4 Å². The molecule has 1 unspecified atom stereocenters. The quantitative estimate of drug-likeness (QED) is 0.159. The lowest BCUT2D eigenvalue weighted by Gasteiger charge is -2.25. The van der Waals surface area contributed by atoms with Crippen molar-refractivity contribution in [3.63, 3.8) is 0 Å². The number of nitrogens with zero attached hydrogens (tertiary/aromatic N) is 2. The van der Waals surface area contributed by atoms with Crippen molar-refractivity contribution in [1.82, 2.24) is 4.90 Å². The molecule has 9 nitrogen and oxygen atoms in total. The van der Waals surface area contributed by atoms with Crippen LogP contribution in [-0.2, 0) is 14.3 Å². The van der Waals surface area contributed by atoms with Gasteiger partial charge in [-0.15, -0.1) is 0 Å². The van der Waals surface area contributed by atoms with Gasteiger partial charge >= 0.3 is 0 Å². The molecule has 162 valence electrons. The number of likely N-dealkylation sites (tertiary alicyclic amines) is 1. The van der Waals surface area contributed by atoms with E-state index in [-0.39, 0.29) is 48.8 Å². The maximum atomic E-state index is 12.9. The minimum atomic E-state index is -1.19. The van der Waals surface area contributed by atoms with Crippen molar-refractivity contribution in [2.24, 2.45) is 0 Å². The number of benzene rings is 2. The predicted octanol–water partition coefficient (Wildman–Crippen LogP) is 2.68. The molecule has 31 heavy (non-hydrogen) atoms. The fourth-order valence-corrected chi connectivity index (χ4v) is 3.54. The van der Waals surface area contributed by atoms with Crippen LogP contribution in [0, 0.1) is 10.1 Å². The van der Waals surface area contributed by atoms with Gasteiger partial charge in [-0.3, -0.25) is 19.7 Å². The van der Waals surface area contributed by atoms with E-state index in [4.69, 9.17) is 21.4 Å². The summed E-state index contributed by atoms with van der Waals surface area (Å²) in [6.07, 6.45) is 0. The van der Waals surface area contributed by atoms with Gasteiger partial charge in [-0.25, -0.2) is 0 Å². The zero-order valence-corrected chi connectivity index (χ0v) is 17.0. The molecular weight excluding hydrogens is 428 g/mol. The van der Waals surface area contributed by atoms with Crippen LogP contribution < -0.4 is 0 Å². The second kappa shape index (κ2) is 9.69. The van der Waals surface area contributed by atoms with E-state index in [9.17, 15) is 24.8 Å². The van der Waals surface area contributed by atoms with Gasteiger partial charge in [-0.1, -0.05) is 23.7 Å². The molecule has 0 bridgehead atoms. The Morgan fingerprint density at radius 2 is 1.81 bits per heavy atom. The normalized spacial score (nSPS) is 17.9. The molecule has 0 radical (unpaired) electrons. The number of para-hydroxylation sites is 1. The molecule has 0 aliphatic carbocycles. The lowest BCUT2D eigenvalue weighted by molar-refractivity contribution is -0.385. The maximum Gasteiger partial charge on any atom is 0.295 e. The Balaban J connectivity index is 2.15. The summed E-state index contributed by atoms with van der Waals surface area (Å²) in [5, 5.41) is 31.8. The number of halogens is 1. The number of carbonyl (C=O) groups excluding carboxylic acids is 2. The summed E-state index contributed by atoms with van der Waals surface area (Å²) < 4.78 is 5.20. The third-order valence-corrected chi connectivity index (χ3v) is 5.05. The van der Waals surface area contributed by atoms with Gasteiger partial charge in [-0.05, 0) is 30.3 Å². The number of ether oxygens (including phenoxy) is 1. The maximum absolute atomic E-state index is 12.9. The zero-order chi connectivity index (χ0) is 22.5. The molecule has 0 saturated carbocycles. The number of Topliss-reactive ketones (excluding diaryl/α,β-unsaturated/α-hetero) is 1. The van der Waals surface area contributed by atoms with Gasteiger partial charge in [0.1, 0.15) is 5.76 Å². The van der Waals surface area contributed by atoms with Gasteiger partial charge in [0.2, 0.25) is 0 Å². The van der Waals surface area contributed by atoms with E-state index in [1.54, 1.807) is 6.07 Å². The third-order valence-electron chi connectivity index (χ3n) is 4.80. The molecule has 0 aromatic heterocycles. The number of aliphatic hydroxyl groups excluding tert-OH is 2. The molecule has 0 spiro atoms. The minimum Gasteiger partial charge on any atom is -0.507 e. The molecule has 1 amide bonds. The summed E-state index contributed by atoms with van der Waals surface area (Å²) in [5.74, 6) is -2.33. The summed E-state index contributed by atoms with van der Waals surface area (Å²) in [6, 6.07) is 10.5. The predicted molar refractivity (Wildman–Crippen MR) is 111 cm³/mol. The largest absolute Gasteiger partial charge is 0.507 e. The topological polar surface area (TPSA) is 130 Å². The molecule has 3 rings (SSSR count). The Kier molecular flexibility index (Phi) is 7.01. The van der Waals surface area contributed by atoms with Gasteiger partial charge in [0.05, 0.1) is 41.9 Å². The van der Waals surface area contributed by atoms with E-state index < -0.39 is 28.4 Å². The number of nitro benzene ring substituents is 1. The van der Waals surface area contributed by atoms with E-state index in [1.807, 2.05) is 0 Å². The van der Waals surface area contributed by atoms with Crippen LogP contribution in [0.15, 0.2) is 54.1 Å². The average molecular weight is 447 g/mol. The van der Waals surface area contributed by atoms with Crippen LogP contribution in [0.2, 0.25) is 5.02 Å². The summed E-state index contributed by atoms with van der Waals surface area (Å²) in [7, 11) is 0. The zero-order valence-electron chi connectivity index (χ0n) is 16.2. The van der Waals surface area contributed by atoms with Crippen LogP contribution in [0.1, 0.15) is 17.2 Å². The van der Waals surface area contributed by atoms with Crippen molar-refractivity contribution in [1.29, 1.82) is 0 Å². The second-order valence-corrected chi connectivity index (χ2v) is 7.09. The van der Waals surface area contributed by atoms with Crippen molar-refractivity contribution < 1.29 is 29.5 Å². The molecule has 1 heterocycles. The number of hydrogen-bond acceptors (Lipinski definition) is 7. The van der Waals surface area contributed by atoms with Crippen molar-refractivity contribution in [2.45, 2.75) is 6.04 Å². The van der Waals surface area contributed by atoms with E-state index in [0.717, 1.165) is 4.90 Å². The Labute approximate surface area is 182 Å². The van der Waals surface area contributed by atoms with Crippen LogP contribution in [0.3, 0.4) is 0 Å². The van der Waals surface area contributed by atoms with Crippen molar-refractivity contribution in [2.75, 3.05) is 26.4 Å². The number of aliphatic hydroxyl groups is 2. The third kappa shape index (κ3) is 4.58. The molecule has 2 N–H and O–H groups in total. The monoisotopic (exact) mass is 446 g/mol. The van der Waals surface area contributed by atoms with Gasteiger partial charge in [0.25, 0.3) is 17.4 Å². The number of ketones is 1. The van der Waals surface area contributed by atoms with Crippen LogP contribution in [0.25, 0.3) is 5.76 Å². The summed E-state index contributed by atoms with van der Waals surface area (Å²) in [4.78, 5) is 37.8. The Morgan fingerprint density at radius 1 is 1.13 bits per heavy atom. The van der Waals surface area contributed by atoms with E-state index >= 15 is 0 Å². The number of nitro groups is 1. The summed E-state index contributed by atoms with van der Waals surface area (Å²) in [5.41, 5.74) is -0.228. The molecule has 10 heteroatoms. The summed E-state index contributed by atoms with van der Waals surface area (Å²) in [6.45, 7) is -0.266. The number of rotatable bonds is 8. The van der Waals surface area contributed by atoms with Gasteiger partial charge in [-0.2, -0.15) is 0 Å². The highest BCUT2D eigenvalue weighted by molar-refractivity contribution is 6.46. The first-order valence-electron chi connectivity index (χ1n) is 9.33. The average Bonchev–Trinajstić information content (AvgIpc) is 3.01. The molecular formula is C21H19ClN2O7.